The maximum atomic E-state index is 9.63. The van der Waals surface area contributed by atoms with Gasteiger partial charge in [0.25, 0.3) is 0 Å². The van der Waals surface area contributed by atoms with Crippen molar-refractivity contribution in [2.24, 2.45) is 5.73 Å². The Bertz CT molecular complexity index is 64.0. The molecule has 0 bridgehead atoms. The Morgan fingerprint density at radius 3 is 2.71 bits per heavy atom. The van der Waals surface area contributed by atoms with Crippen LogP contribution in [0.4, 0.5) is 4.79 Å². The second-order valence-electron chi connectivity index (χ2n) is 0.740. The number of hydrogen-bond acceptors (Lipinski definition) is 3. The maximum absolute atomic E-state index is 9.63. The maximum Gasteiger partial charge on any atom is 0.336 e. The Hall–Kier alpha value is -0.810. The number of hydrogen-bond donors (Lipinski definition) is 3. The highest BCUT2D eigenvalue weighted by Gasteiger charge is 1.84. The van der Waals surface area contributed by atoms with Crippen molar-refractivity contribution in [3.63, 3.8) is 0 Å². The highest BCUT2D eigenvalue weighted by molar-refractivity contribution is 5.70. The van der Waals surface area contributed by atoms with E-state index in [0.29, 0.717) is 0 Å². The number of primary amides is 1. The molecule has 0 aliphatic carbocycles. The van der Waals surface area contributed by atoms with E-state index in [-0.39, 0.29) is 0 Å². The SMILES string of the molecule is NC(=O)NOCO. The summed E-state index contributed by atoms with van der Waals surface area (Å²) in [6.07, 6.45) is 0. The van der Waals surface area contributed by atoms with Crippen molar-refractivity contribution in [3.8, 4) is 0 Å². The molecule has 0 fully saturated rings. The van der Waals surface area contributed by atoms with Gasteiger partial charge in [-0.2, -0.15) is 0 Å². The molecular formula is C2H6N2O3. The molecule has 0 unspecified atom stereocenters. The molecular weight excluding hydrogens is 100 g/mol. The first-order chi connectivity index (χ1) is 3.27. The fourth-order valence-electron chi connectivity index (χ4n) is 0.103. The van der Waals surface area contributed by atoms with E-state index in [4.69, 9.17) is 5.11 Å². The molecule has 42 valence electrons. The van der Waals surface area contributed by atoms with Crippen molar-refractivity contribution < 1.29 is 14.7 Å². The van der Waals surface area contributed by atoms with E-state index in [1.165, 1.54) is 0 Å². The average Bonchev–Trinajstić information content (AvgIpc) is 1.61. The van der Waals surface area contributed by atoms with Crippen molar-refractivity contribution in [2.45, 2.75) is 0 Å². The normalized spacial score (nSPS) is 8.14. The summed E-state index contributed by atoms with van der Waals surface area (Å²) in [4.78, 5) is 13.6. The van der Waals surface area contributed by atoms with Crippen molar-refractivity contribution in [3.05, 3.63) is 0 Å². The van der Waals surface area contributed by atoms with Crippen LogP contribution in [0.3, 0.4) is 0 Å². The van der Waals surface area contributed by atoms with Gasteiger partial charge in [-0.1, -0.05) is 0 Å². The van der Waals surface area contributed by atoms with Crippen LogP contribution >= 0.6 is 0 Å². The second-order valence-corrected chi connectivity index (χ2v) is 0.740. The van der Waals surface area contributed by atoms with Crippen LogP contribution in [0.25, 0.3) is 0 Å². The Balaban J connectivity index is 2.82. The number of carbonyl (C=O) groups excluding carboxylic acids is 1. The Labute approximate surface area is 40.0 Å². The summed E-state index contributed by atoms with van der Waals surface area (Å²) in [5.74, 6) is 0. The summed E-state index contributed by atoms with van der Waals surface area (Å²) in [7, 11) is 0. The largest absolute Gasteiger partial charge is 0.368 e. The minimum Gasteiger partial charge on any atom is -0.368 e. The monoisotopic (exact) mass is 106 g/mol. The van der Waals surface area contributed by atoms with Gasteiger partial charge in [0.1, 0.15) is 0 Å². The third-order valence-electron chi connectivity index (χ3n) is 0.237. The zero-order valence-corrected chi connectivity index (χ0v) is 3.55. The lowest BCUT2D eigenvalue weighted by Gasteiger charge is -1.94. The molecule has 2 amide bonds. The number of urea groups is 1. The topological polar surface area (TPSA) is 84.6 Å². The van der Waals surface area contributed by atoms with Crippen LogP contribution in [0.1, 0.15) is 0 Å². The van der Waals surface area contributed by atoms with Gasteiger partial charge in [-0.25, -0.2) is 15.1 Å². The van der Waals surface area contributed by atoms with Gasteiger partial charge in [0.2, 0.25) is 0 Å². The zero-order chi connectivity index (χ0) is 5.70. The molecule has 0 rings (SSSR count). The molecule has 0 heterocycles. The van der Waals surface area contributed by atoms with Gasteiger partial charge in [-0.05, 0) is 0 Å². The summed E-state index contributed by atoms with van der Waals surface area (Å²) < 4.78 is 0. The van der Waals surface area contributed by atoms with Crippen LogP contribution < -0.4 is 11.2 Å². The van der Waals surface area contributed by atoms with Crippen molar-refractivity contribution in [1.82, 2.24) is 5.48 Å². The molecule has 0 aromatic rings. The highest BCUT2D eigenvalue weighted by atomic mass is 16.7. The molecule has 0 aliphatic rings. The van der Waals surface area contributed by atoms with Gasteiger partial charge in [-0.3, -0.25) is 0 Å². The lowest BCUT2D eigenvalue weighted by atomic mass is 11.2. The van der Waals surface area contributed by atoms with Crippen LogP contribution in [-0.4, -0.2) is 17.9 Å². The fourth-order valence-corrected chi connectivity index (χ4v) is 0.103. The van der Waals surface area contributed by atoms with Crippen molar-refractivity contribution in [2.75, 3.05) is 6.79 Å². The van der Waals surface area contributed by atoms with Gasteiger partial charge in [0.15, 0.2) is 6.79 Å². The fraction of sp³-hybridized carbons (Fsp3) is 0.500. The van der Waals surface area contributed by atoms with E-state index in [0.717, 1.165) is 0 Å². The quantitative estimate of drug-likeness (QED) is 0.297. The van der Waals surface area contributed by atoms with Gasteiger partial charge in [0.05, 0.1) is 0 Å². The highest BCUT2D eigenvalue weighted by Crippen LogP contribution is 1.56. The van der Waals surface area contributed by atoms with Crippen LogP contribution in [0.15, 0.2) is 0 Å². The molecule has 0 aliphatic heterocycles. The summed E-state index contributed by atoms with van der Waals surface area (Å²) in [6, 6.07) is -0.825. The molecule has 0 spiro atoms. The molecule has 0 aromatic heterocycles. The number of hydroxylamine groups is 1. The Kier molecular flexibility index (Phi) is 2.99. The van der Waals surface area contributed by atoms with E-state index in [1.807, 2.05) is 0 Å². The average molecular weight is 106 g/mol. The first-order valence-corrected chi connectivity index (χ1v) is 1.55. The first-order valence-electron chi connectivity index (χ1n) is 1.55. The number of rotatable bonds is 2. The molecule has 5 nitrogen and oxygen atoms in total. The molecule has 0 atom stereocenters. The molecule has 0 saturated carbocycles. The van der Waals surface area contributed by atoms with Crippen molar-refractivity contribution in [1.29, 1.82) is 0 Å². The number of carbonyl (C=O) groups is 1. The van der Waals surface area contributed by atoms with Gasteiger partial charge >= 0.3 is 6.03 Å². The van der Waals surface area contributed by atoms with Gasteiger partial charge < -0.3 is 10.8 Å². The molecule has 0 saturated heterocycles. The molecule has 0 radical (unpaired) electrons. The lowest BCUT2D eigenvalue weighted by molar-refractivity contribution is -0.0423. The second kappa shape index (κ2) is 3.38. The van der Waals surface area contributed by atoms with E-state index in [1.54, 1.807) is 5.48 Å². The molecule has 4 N–H and O–H groups in total. The Morgan fingerprint density at radius 2 is 2.57 bits per heavy atom. The number of amides is 2. The Morgan fingerprint density at radius 1 is 2.00 bits per heavy atom. The van der Waals surface area contributed by atoms with Gasteiger partial charge in [0, 0.05) is 0 Å². The zero-order valence-electron chi connectivity index (χ0n) is 3.55. The summed E-state index contributed by atoms with van der Waals surface area (Å²) in [5.41, 5.74) is 6.18. The predicted molar refractivity (Wildman–Crippen MR) is 20.9 cm³/mol. The lowest BCUT2D eigenvalue weighted by Crippen LogP contribution is -2.29. The van der Waals surface area contributed by atoms with Gasteiger partial charge in [-0.15, -0.1) is 0 Å². The number of nitrogens with two attached hydrogens (primary N) is 1. The van der Waals surface area contributed by atoms with Crippen LogP contribution in [-0.2, 0) is 4.84 Å². The molecule has 5 heteroatoms. The standard InChI is InChI=1S/C2H6N2O3/c3-2(6)4-7-1-5/h5H,1H2,(H3,3,4,6). The number of aliphatic hydroxyl groups excluding tert-OH is 1. The van der Waals surface area contributed by atoms with Crippen LogP contribution in [0.5, 0.6) is 0 Å². The minimum atomic E-state index is -0.825. The van der Waals surface area contributed by atoms with Crippen molar-refractivity contribution >= 4 is 6.03 Å². The number of nitrogens with one attached hydrogen (secondary N) is 1. The first kappa shape index (κ1) is 6.19. The third-order valence-corrected chi connectivity index (χ3v) is 0.237. The molecule has 7 heavy (non-hydrogen) atoms. The summed E-state index contributed by atoms with van der Waals surface area (Å²) in [6.45, 7) is -0.567. The van der Waals surface area contributed by atoms with Crippen LogP contribution in [0.2, 0.25) is 0 Å². The van der Waals surface area contributed by atoms with E-state index in [2.05, 4.69) is 10.6 Å². The summed E-state index contributed by atoms with van der Waals surface area (Å²) >= 11 is 0. The predicted octanol–water partition coefficient (Wildman–Crippen LogP) is -1.46. The van der Waals surface area contributed by atoms with E-state index < -0.39 is 12.8 Å². The third kappa shape index (κ3) is 5.19. The number of aliphatic hydroxyl groups is 1. The minimum absolute atomic E-state index is 0.567. The van der Waals surface area contributed by atoms with Crippen LogP contribution in [0, 0.1) is 0 Å². The van der Waals surface area contributed by atoms with E-state index >= 15 is 0 Å². The summed E-state index contributed by atoms with van der Waals surface area (Å²) in [5, 5.41) is 7.82. The smallest absolute Gasteiger partial charge is 0.336 e. The van der Waals surface area contributed by atoms with E-state index in [9.17, 15) is 4.79 Å². The molecule has 0 aromatic carbocycles.